The van der Waals surface area contributed by atoms with Crippen molar-refractivity contribution in [1.29, 1.82) is 0 Å². The van der Waals surface area contributed by atoms with Crippen LogP contribution < -0.4 is 5.32 Å². The fourth-order valence-electron chi connectivity index (χ4n) is 7.85. The van der Waals surface area contributed by atoms with Gasteiger partial charge in [-0.15, -0.1) is 0 Å². The summed E-state index contributed by atoms with van der Waals surface area (Å²) in [5.41, 5.74) is 2.73. The van der Waals surface area contributed by atoms with Crippen LogP contribution in [0.1, 0.15) is 89.7 Å². The van der Waals surface area contributed by atoms with Crippen LogP contribution in [0.25, 0.3) is 0 Å². The van der Waals surface area contributed by atoms with Gasteiger partial charge in [-0.2, -0.15) is 0 Å². The third-order valence-corrected chi connectivity index (χ3v) is 8.99. The Bertz CT molecular complexity index is 774. The van der Waals surface area contributed by atoms with Gasteiger partial charge in [0, 0.05) is 11.5 Å². The smallest absolute Gasteiger partial charge is 0.223 e. The van der Waals surface area contributed by atoms with Crippen LogP contribution >= 0.6 is 0 Å². The normalized spacial score (nSPS) is 41.3. The molecular formula is C27H39NO2. The predicted molar refractivity (Wildman–Crippen MR) is 120 cm³/mol. The number of hydrogen-bond acceptors (Lipinski definition) is 2. The number of nitrogens with one attached hydrogen (secondary N) is 1. The molecule has 3 fully saturated rings. The summed E-state index contributed by atoms with van der Waals surface area (Å²) in [5, 5.41) is 3.63. The standard InChI is InChI=1S/C27H39NO2/c1-18-12-21-13-19(2)15-26(14-18,16-21)28-25(29)20(3)22-8-10-27(11-9-22)24-7-5-4-6-23(24)17-30-27/h4-7,18-22H,8-17H2,1-3H3,(H,28,29). The number of hydrogen-bond donors (Lipinski definition) is 1. The number of amides is 1. The van der Waals surface area contributed by atoms with Gasteiger partial charge < -0.3 is 10.1 Å². The monoisotopic (exact) mass is 409 g/mol. The Labute approximate surface area is 182 Å². The summed E-state index contributed by atoms with van der Waals surface area (Å²) < 4.78 is 6.34. The van der Waals surface area contributed by atoms with Crippen LogP contribution in [0.4, 0.5) is 0 Å². The van der Waals surface area contributed by atoms with Crippen molar-refractivity contribution in [2.45, 2.75) is 96.3 Å². The molecule has 3 aliphatic carbocycles. The van der Waals surface area contributed by atoms with Crippen LogP contribution in [0.15, 0.2) is 24.3 Å². The molecule has 3 nitrogen and oxygen atoms in total. The Balaban J connectivity index is 1.23. The van der Waals surface area contributed by atoms with Crippen molar-refractivity contribution < 1.29 is 9.53 Å². The Morgan fingerprint density at radius 3 is 2.43 bits per heavy atom. The summed E-state index contributed by atoms with van der Waals surface area (Å²) >= 11 is 0. The zero-order valence-corrected chi connectivity index (χ0v) is 19.1. The van der Waals surface area contributed by atoms with E-state index in [-0.39, 0.29) is 17.1 Å². The van der Waals surface area contributed by atoms with Crippen molar-refractivity contribution in [3.05, 3.63) is 35.4 Å². The van der Waals surface area contributed by atoms with E-state index in [1.807, 2.05) is 0 Å². The topological polar surface area (TPSA) is 38.3 Å². The number of fused-ring (bicyclic) bond motifs is 4. The number of benzene rings is 1. The van der Waals surface area contributed by atoms with Gasteiger partial charge in [-0.3, -0.25) is 4.79 Å². The molecule has 3 heteroatoms. The van der Waals surface area contributed by atoms with Crippen molar-refractivity contribution in [2.24, 2.45) is 29.6 Å². The molecule has 164 valence electrons. The molecule has 0 saturated heterocycles. The van der Waals surface area contributed by atoms with E-state index >= 15 is 0 Å². The van der Waals surface area contributed by atoms with Gasteiger partial charge in [0.25, 0.3) is 0 Å². The maximum atomic E-state index is 13.4. The van der Waals surface area contributed by atoms with Gasteiger partial charge in [0.15, 0.2) is 0 Å². The van der Waals surface area contributed by atoms with E-state index in [1.54, 1.807) is 0 Å². The van der Waals surface area contributed by atoms with Gasteiger partial charge in [-0.25, -0.2) is 0 Å². The van der Waals surface area contributed by atoms with E-state index in [0.717, 1.165) is 50.0 Å². The van der Waals surface area contributed by atoms with E-state index in [2.05, 4.69) is 50.4 Å². The first-order valence-electron chi connectivity index (χ1n) is 12.4. The second kappa shape index (κ2) is 7.65. The van der Waals surface area contributed by atoms with Crippen molar-refractivity contribution in [1.82, 2.24) is 5.32 Å². The molecule has 4 aliphatic rings. The van der Waals surface area contributed by atoms with Crippen molar-refractivity contribution in [2.75, 3.05) is 0 Å². The summed E-state index contributed by atoms with van der Waals surface area (Å²) in [6.07, 6.45) is 10.5. The van der Waals surface area contributed by atoms with Crippen LogP contribution in [0.5, 0.6) is 0 Å². The number of rotatable bonds is 3. The highest BCUT2D eigenvalue weighted by molar-refractivity contribution is 5.79. The Morgan fingerprint density at radius 2 is 1.73 bits per heavy atom. The quantitative estimate of drug-likeness (QED) is 0.669. The second-order valence-corrected chi connectivity index (χ2v) is 11.5. The minimum atomic E-state index is -0.0905. The van der Waals surface area contributed by atoms with Gasteiger partial charge >= 0.3 is 0 Å². The third-order valence-electron chi connectivity index (χ3n) is 8.99. The van der Waals surface area contributed by atoms with Crippen molar-refractivity contribution >= 4 is 5.91 Å². The maximum Gasteiger partial charge on any atom is 0.223 e. The predicted octanol–water partition coefficient (Wildman–Crippen LogP) is 5.96. The molecule has 1 N–H and O–H groups in total. The molecule has 1 spiro atoms. The first kappa shape index (κ1) is 20.5. The molecule has 3 atom stereocenters. The highest BCUT2D eigenvalue weighted by atomic mass is 16.5. The summed E-state index contributed by atoms with van der Waals surface area (Å²) in [7, 11) is 0. The molecule has 2 bridgehead atoms. The first-order chi connectivity index (χ1) is 14.4. The Hall–Kier alpha value is -1.35. The van der Waals surface area contributed by atoms with Gasteiger partial charge in [0.2, 0.25) is 5.91 Å². The fourth-order valence-corrected chi connectivity index (χ4v) is 7.85. The molecule has 0 aromatic heterocycles. The van der Waals surface area contributed by atoms with Crippen LogP contribution in [-0.4, -0.2) is 11.4 Å². The summed E-state index contributed by atoms with van der Waals surface area (Å²) in [4.78, 5) is 13.4. The molecule has 3 saturated carbocycles. The van der Waals surface area contributed by atoms with Gasteiger partial charge in [0.1, 0.15) is 0 Å². The minimum absolute atomic E-state index is 0.0642. The van der Waals surface area contributed by atoms with E-state index in [9.17, 15) is 4.79 Å². The van der Waals surface area contributed by atoms with Crippen LogP contribution in [0.2, 0.25) is 0 Å². The largest absolute Gasteiger partial charge is 0.366 e. The van der Waals surface area contributed by atoms with Gasteiger partial charge in [-0.1, -0.05) is 45.0 Å². The van der Waals surface area contributed by atoms with Gasteiger partial charge in [0.05, 0.1) is 12.2 Å². The molecule has 1 amide bonds. The third kappa shape index (κ3) is 3.61. The van der Waals surface area contributed by atoms with E-state index in [4.69, 9.17) is 4.74 Å². The van der Waals surface area contributed by atoms with E-state index in [0.29, 0.717) is 11.8 Å². The molecule has 30 heavy (non-hydrogen) atoms. The maximum absolute atomic E-state index is 13.4. The first-order valence-corrected chi connectivity index (χ1v) is 12.4. The molecule has 1 heterocycles. The molecule has 0 radical (unpaired) electrons. The second-order valence-electron chi connectivity index (χ2n) is 11.5. The number of carbonyl (C=O) groups is 1. The zero-order chi connectivity index (χ0) is 20.9. The summed E-state index contributed by atoms with van der Waals surface area (Å²) in [6, 6.07) is 8.71. The lowest BCUT2D eigenvalue weighted by molar-refractivity contribution is -0.132. The lowest BCUT2D eigenvalue weighted by atomic mass is 9.61. The Kier molecular flexibility index (Phi) is 5.24. The average Bonchev–Trinajstić information content (AvgIpc) is 3.05. The lowest BCUT2D eigenvalue weighted by Crippen LogP contribution is -2.57. The summed E-state index contributed by atoms with van der Waals surface area (Å²) in [6.45, 7) is 7.68. The summed E-state index contributed by atoms with van der Waals surface area (Å²) in [5.74, 6) is 3.16. The fraction of sp³-hybridized carbons (Fsp3) is 0.741. The zero-order valence-electron chi connectivity index (χ0n) is 19.1. The van der Waals surface area contributed by atoms with Crippen LogP contribution in [-0.2, 0) is 21.7 Å². The van der Waals surface area contributed by atoms with Crippen molar-refractivity contribution in [3.8, 4) is 0 Å². The average molecular weight is 410 g/mol. The number of carbonyl (C=O) groups excluding carboxylic acids is 1. The molecular weight excluding hydrogens is 370 g/mol. The molecule has 1 aromatic rings. The van der Waals surface area contributed by atoms with Crippen LogP contribution in [0.3, 0.4) is 0 Å². The molecule has 5 rings (SSSR count). The lowest BCUT2D eigenvalue weighted by Gasteiger charge is -2.51. The molecule has 3 unspecified atom stereocenters. The Morgan fingerprint density at radius 1 is 1.07 bits per heavy atom. The SMILES string of the molecule is CC1CC2CC(C)CC(NC(=O)C(C)C3CCC4(CC3)OCc3ccccc34)(C1)C2. The molecule has 1 aromatic carbocycles. The van der Waals surface area contributed by atoms with E-state index < -0.39 is 0 Å². The number of ether oxygens (including phenoxy) is 1. The van der Waals surface area contributed by atoms with Crippen molar-refractivity contribution in [3.63, 3.8) is 0 Å². The van der Waals surface area contributed by atoms with E-state index in [1.165, 1.54) is 43.2 Å². The molecule has 1 aliphatic heterocycles. The minimum Gasteiger partial charge on any atom is -0.366 e. The highest BCUT2D eigenvalue weighted by Crippen LogP contribution is 2.50. The van der Waals surface area contributed by atoms with Gasteiger partial charge in [-0.05, 0) is 92.6 Å². The van der Waals surface area contributed by atoms with Crippen LogP contribution in [0, 0.1) is 29.6 Å². The highest BCUT2D eigenvalue weighted by Gasteiger charge is 2.47.